The summed E-state index contributed by atoms with van der Waals surface area (Å²) in [6.45, 7) is 0. The van der Waals surface area contributed by atoms with Crippen molar-refractivity contribution in [2.45, 2.75) is 6.43 Å². The zero-order chi connectivity index (χ0) is 15.4. The molecule has 0 spiro atoms. The van der Waals surface area contributed by atoms with Crippen molar-refractivity contribution in [3.05, 3.63) is 42.0 Å². The molecule has 0 aromatic carbocycles. The number of ether oxygens (including phenoxy) is 1. The maximum atomic E-state index is 13.2. The van der Waals surface area contributed by atoms with Gasteiger partial charge in [-0.15, -0.1) is 0 Å². The minimum absolute atomic E-state index is 0.141. The van der Waals surface area contributed by atoms with Crippen molar-refractivity contribution in [3.8, 4) is 11.3 Å². The fraction of sp³-hybridized carbons (Fsp3) is 0.154. The molecule has 8 heteroatoms. The highest BCUT2D eigenvalue weighted by Gasteiger charge is 2.15. The third kappa shape index (κ3) is 3.47. The van der Waals surface area contributed by atoms with Crippen molar-refractivity contribution < 1.29 is 22.7 Å². The van der Waals surface area contributed by atoms with Gasteiger partial charge in [0.1, 0.15) is 11.6 Å². The number of hydrogen-bond donors (Lipinski definition) is 1. The number of nitrogens with one attached hydrogen (secondary N) is 1. The molecule has 0 aliphatic carbocycles. The molecule has 2 heterocycles. The van der Waals surface area contributed by atoms with Crippen molar-refractivity contribution in [3.63, 3.8) is 0 Å². The zero-order valence-electron chi connectivity index (χ0n) is 10.8. The van der Waals surface area contributed by atoms with Gasteiger partial charge in [0.15, 0.2) is 0 Å². The topological polar surface area (TPSA) is 64.1 Å². The molecule has 2 aromatic heterocycles. The summed E-state index contributed by atoms with van der Waals surface area (Å²) in [4.78, 5) is 18.7. The number of carbonyl (C=O) groups is 1. The Kier molecular flexibility index (Phi) is 4.36. The SMILES string of the molecule is COC(=O)Nc1cc(-c2cc(C(F)F)c(F)cn2)ccn1. The van der Waals surface area contributed by atoms with Gasteiger partial charge in [-0.25, -0.2) is 22.9 Å². The molecule has 0 fully saturated rings. The molecule has 1 amide bonds. The predicted molar refractivity (Wildman–Crippen MR) is 68.4 cm³/mol. The molecular formula is C13H10F3N3O2. The Morgan fingerprint density at radius 2 is 2.10 bits per heavy atom. The smallest absolute Gasteiger partial charge is 0.412 e. The highest BCUT2D eigenvalue weighted by Crippen LogP contribution is 2.26. The summed E-state index contributed by atoms with van der Waals surface area (Å²) in [5.41, 5.74) is -0.195. The Morgan fingerprint density at radius 3 is 2.76 bits per heavy atom. The number of methoxy groups -OCH3 is 1. The van der Waals surface area contributed by atoms with Gasteiger partial charge >= 0.3 is 6.09 Å². The van der Waals surface area contributed by atoms with E-state index in [2.05, 4.69) is 20.0 Å². The van der Waals surface area contributed by atoms with Gasteiger partial charge in [0.2, 0.25) is 0 Å². The Balaban J connectivity index is 2.36. The van der Waals surface area contributed by atoms with Crippen molar-refractivity contribution in [2.24, 2.45) is 0 Å². The number of anilines is 1. The average molecular weight is 297 g/mol. The van der Waals surface area contributed by atoms with Crippen LogP contribution in [0.2, 0.25) is 0 Å². The Labute approximate surface area is 117 Å². The molecule has 0 aliphatic rings. The summed E-state index contributed by atoms with van der Waals surface area (Å²) in [5, 5.41) is 2.33. The van der Waals surface area contributed by atoms with Crippen LogP contribution in [0.15, 0.2) is 30.6 Å². The number of nitrogens with zero attached hydrogens (tertiary/aromatic N) is 2. The van der Waals surface area contributed by atoms with Crippen LogP contribution in [-0.2, 0) is 4.74 Å². The van der Waals surface area contributed by atoms with Gasteiger partial charge in [-0.3, -0.25) is 10.3 Å². The Hall–Kier alpha value is -2.64. The molecule has 21 heavy (non-hydrogen) atoms. The van der Waals surface area contributed by atoms with Gasteiger partial charge < -0.3 is 4.74 Å². The summed E-state index contributed by atoms with van der Waals surface area (Å²) >= 11 is 0. The fourth-order valence-electron chi connectivity index (χ4n) is 1.59. The number of halogens is 3. The van der Waals surface area contributed by atoms with Gasteiger partial charge in [0.25, 0.3) is 6.43 Å². The lowest BCUT2D eigenvalue weighted by Crippen LogP contribution is -2.12. The van der Waals surface area contributed by atoms with Crippen LogP contribution >= 0.6 is 0 Å². The monoisotopic (exact) mass is 297 g/mol. The normalized spacial score (nSPS) is 10.5. The molecule has 0 saturated heterocycles. The molecule has 0 bridgehead atoms. The van der Waals surface area contributed by atoms with Crippen LogP contribution in [0.5, 0.6) is 0 Å². The summed E-state index contributed by atoms with van der Waals surface area (Å²) in [5.74, 6) is -0.917. The number of amides is 1. The predicted octanol–water partition coefficient (Wildman–Crippen LogP) is 3.40. The molecular weight excluding hydrogens is 287 g/mol. The summed E-state index contributed by atoms with van der Waals surface area (Å²) in [6.07, 6.45) is -1.58. The maximum absolute atomic E-state index is 13.2. The summed E-state index contributed by atoms with van der Waals surface area (Å²) < 4.78 is 43.0. The first kappa shape index (κ1) is 14.8. The van der Waals surface area contributed by atoms with Crippen molar-refractivity contribution >= 4 is 11.9 Å². The number of pyridine rings is 2. The van der Waals surface area contributed by atoms with Crippen LogP contribution < -0.4 is 5.32 Å². The van der Waals surface area contributed by atoms with Crippen molar-refractivity contribution in [1.29, 1.82) is 0 Å². The standard InChI is InChI=1S/C13H10F3N3O2/c1-21-13(20)19-11-4-7(2-3-17-11)10-5-8(12(15)16)9(14)6-18-10/h2-6,12H,1H3,(H,17,19,20). The maximum Gasteiger partial charge on any atom is 0.412 e. The van der Waals surface area contributed by atoms with Crippen LogP contribution in [0.25, 0.3) is 11.3 Å². The van der Waals surface area contributed by atoms with Gasteiger partial charge in [0.05, 0.1) is 24.6 Å². The molecule has 2 aromatic rings. The first-order valence-corrected chi connectivity index (χ1v) is 5.76. The summed E-state index contributed by atoms with van der Waals surface area (Å²) in [6, 6.07) is 3.86. The quantitative estimate of drug-likeness (QED) is 0.943. The van der Waals surface area contributed by atoms with Crippen LogP contribution in [0.4, 0.5) is 23.8 Å². The Bertz CT molecular complexity index is 665. The van der Waals surface area contributed by atoms with E-state index in [1.165, 1.54) is 25.4 Å². The molecule has 0 atom stereocenters. The second-order valence-corrected chi connectivity index (χ2v) is 3.94. The van der Waals surface area contributed by atoms with E-state index in [9.17, 15) is 18.0 Å². The largest absolute Gasteiger partial charge is 0.453 e. The molecule has 1 N–H and O–H groups in total. The van der Waals surface area contributed by atoms with Crippen LogP contribution in [0.3, 0.4) is 0 Å². The van der Waals surface area contributed by atoms with E-state index < -0.39 is 23.9 Å². The highest BCUT2D eigenvalue weighted by atomic mass is 19.3. The minimum atomic E-state index is -2.94. The summed E-state index contributed by atoms with van der Waals surface area (Å²) in [7, 11) is 1.19. The molecule has 5 nitrogen and oxygen atoms in total. The van der Waals surface area contributed by atoms with Gasteiger partial charge in [0, 0.05) is 11.8 Å². The van der Waals surface area contributed by atoms with Crippen LogP contribution in [0, 0.1) is 5.82 Å². The molecule has 0 saturated carbocycles. The minimum Gasteiger partial charge on any atom is -0.453 e. The lowest BCUT2D eigenvalue weighted by Gasteiger charge is -2.07. The van der Waals surface area contributed by atoms with Crippen LogP contribution in [0.1, 0.15) is 12.0 Å². The first-order valence-electron chi connectivity index (χ1n) is 5.76. The average Bonchev–Trinajstić information content (AvgIpc) is 2.47. The number of rotatable bonds is 3. The molecule has 0 aliphatic heterocycles. The zero-order valence-corrected chi connectivity index (χ0v) is 10.8. The van der Waals surface area contributed by atoms with E-state index in [-0.39, 0.29) is 11.5 Å². The van der Waals surface area contributed by atoms with E-state index in [1.807, 2.05) is 0 Å². The van der Waals surface area contributed by atoms with Crippen molar-refractivity contribution in [1.82, 2.24) is 9.97 Å². The number of alkyl halides is 2. The number of hydrogen-bond acceptors (Lipinski definition) is 4. The van der Waals surface area contributed by atoms with Gasteiger partial charge in [-0.05, 0) is 18.2 Å². The second kappa shape index (κ2) is 6.21. The van der Waals surface area contributed by atoms with E-state index in [0.717, 1.165) is 12.3 Å². The first-order chi connectivity index (χ1) is 10.0. The van der Waals surface area contributed by atoms with Gasteiger partial charge in [-0.1, -0.05) is 0 Å². The van der Waals surface area contributed by atoms with E-state index in [1.54, 1.807) is 0 Å². The Morgan fingerprint density at radius 1 is 1.33 bits per heavy atom. The fourth-order valence-corrected chi connectivity index (χ4v) is 1.59. The van der Waals surface area contributed by atoms with E-state index >= 15 is 0 Å². The molecule has 110 valence electrons. The second-order valence-electron chi connectivity index (χ2n) is 3.94. The molecule has 2 rings (SSSR count). The molecule has 0 radical (unpaired) electrons. The lowest BCUT2D eigenvalue weighted by molar-refractivity contribution is 0.146. The number of aromatic nitrogens is 2. The number of carbonyl (C=O) groups excluding carboxylic acids is 1. The third-order valence-corrected chi connectivity index (χ3v) is 2.59. The van der Waals surface area contributed by atoms with E-state index in [4.69, 9.17) is 0 Å². The van der Waals surface area contributed by atoms with Crippen LogP contribution in [-0.4, -0.2) is 23.2 Å². The molecule has 0 unspecified atom stereocenters. The lowest BCUT2D eigenvalue weighted by atomic mass is 10.1. The van der Waals surface area contributed by atoms with E-state index in [0.29, 0.717) is 5.56 Å². The van der Waals surface area contributed by atoms with Gasteiger partial charge in [-0.2, -0.15) is 0 Å². The third-order valence-electron chi connectivity index (χ3n) is 2.59. The highest BCUT2D eigenvalue weighted by molar-refractivity contribution is 5.84. The van der Waals surface area contributed by atoms with Crippen molar-refractivity contribution in [2.75, 3.05) is 12.4 Å².